The van der Waals surface area contributed by atoms with Gasteiger partial charge in [-0.25, -0.2) is 4.98 Å². The summed E-state index contributed by atoms with van der Waals surface area (Å²) in [5.41, 5.74) is 3.37. The highest BCUT2D eigenvalue weighted by molar-refractivity contribution is 6.03. The van der Waals surface area contributed by atoms with Gasteiger partial charge in [-0.2, -0.15) is 10.1 Å². The Bertz CT molecular complexity index is 1380. The number of anilines is 1. The largest absolute Gasteiger partial charge is 0.344 e. The van der Waals surface area contributed by atoms with Gasteiger partial charge in [0.15, 0.2) is 0 Å². The Morgan fingerprint density at radius 1 is 1.16 bits per heavy atom. The Balaban J connectivity index is 0.000000892. The van der Waals surface area contributed by atoms with Crippen molar-refractivity contribution >= 4 is 18.0 Å². The number of hydrogen-bond acceptors (Lipinski definition) is 7. The average Bonchev–Trinajstić information content (AvgIpc) is 3.57. The number of aromatic nitrogens is 5. The van der Waals surface area contributed by atoms with Gasteiger partial charge in [-0.1, -0.05) is 17.3 Å². The van der Waals surface area contributed by atoms with E-state index in [9.17, 15) is 9.59 Å². The number of H-pyrrole nitrogens is 1. The van der Waals surface area contributed by atoms with Gasteiger partial charge in [0, 0.05) is 41.9 Å². The fraction of sp³-hybridized carbons (Fsp3) is 0.259. The number of likely N-dealkylation sites (tertiary alicyclic amines) is 1. The molecule has 2 amide bonds. The quantitative estimate of drug-likeness (QED) is 0.300. The fourth-order valence-electron chi connectivity index (χ4n) is 4.83. The van der Waals surface area contributed by atoms with E-state index in [0.717, 1.165) is 43.6 Å². The summed E-state index contributed by atoms with van der Waals surface area (Å²) in [4.78, 5) is 34.2. The van der Waals surface area contributed by atoms with E-state index < -0.39 is 0 Å². The molecule has 2 N–H and O–H groups in total. The molecule has 37 heavy (non-hydrogen) atoms. The van der Waals surface area contributed by atoms with Crippen molar-refractivity contribution in [3.05, 3.63) is 79.0 Å². The van der Waals surface area contributed by atoms with E-state index in [1.165, 1.54) is 0 Å². The molecule has 0 bridgehead atoms. The summed E-state index contributed by atoms with van der Waals surface area (Å²) in [6, 6.07) is 14.3. The Hall–Kier alpha value is -4.60. The zero-order chi connectivity index (χ0) is 25.8. The molecule has 0 atom stereocenters. The normalized spacial score (nSPS) is 15.6. The number of rotatable bonds is 6. The van der Waals surface area contributed by atoms with Crippen molar-refractivity contribution in [1.29, 1.82) is 0 Å². The molecule has 0 unspecified atom stereocenters. The van der Waals surface area contributed by atoms with Crippen molar-refractivity contribution in [3.8, 4) is 22.8 Å². The number of hydrogen-bond donors (Lipinski definition) is 2. The highest BCUT2D eigenvalue weighted by Crippen LogP contribution is 2.55. The summed E-state index contributed by atoms with van der Waals surface area (Å²) in [5.74, 6) is 1.11. The van der Waals surface area contributed by atoms with Gasteiger partial charge < -0.3 is 14.7 Å². The third-order valence-corrected chi connectivity index (χ3v) is 6.54. The lowest BCUT2D eigenvalue weighted by molar-refractivity contribution is -0.138. The first kappa shape index (κ1) is 24.1. The Morgan fingerprint density at radius 2 is 1.92 bits per heavy atom. The number of nitrogens with zero attached hydrogens (tertiary/aromatic N) is 5. The maximum Gasteiger partial charge on any atom is 0.274 e. The first-order chi connectivity index (χ1) is 18.0. The van der Waals surface area contributed by atoms with Crippen molar-refractivity contribution in [2.45, 2.75) is 25.7 Å². The van der Waals surface area contributed by atoms with Crippen LogP contribution in [0.5, 0.6) is 0 Å². The molecule has 1 aromatic carbocycles. The first-order valence-corrected chi connectivity index (χ1v) is 12.0. The van der Waals surface area contributed by atoms with Crippen molar-refractivity contribution in [3.63, 3.8) is 0 Å². The van der Waals surface area contributed by atoms with Gasteiger partial charge in [0.1, 0.15) is 5.69 Å². The second-order valence-electron chi connectivity index (χ2n) is 9.39. The van der Waals surface area contributed by atoms with Crippen molar-refractivity contribution < 1.29 is 14.1 Å². The molecular formula is C27H27N7O3. The predicted molar refractivity (Wildman–Crippen MR) is 137 cm³/mol. The summed E-state index contributed by atoms with van der Waals surface area (Å²) in [7, 11) is 0. The van der Waals surface area contributed by atoms with Gasteiger partial charge in [-0.15, -0.1) is 6.58 Å². The number of nitrogens with one attached hydrogen (secondary N) is 2. The maximum absolute atomic E-state index is 12.7. The van der Waals surface area contributed by atoms with Crippen molar-refractivity contribution in [2.24, 2.45) is 5.41 Å². The number of amides is 2. The molecule has 10 nitrogen and oxygen atoms in total. The molecule has 4 heterocycles. The van der Waals surface area contributed by atoms with Gasteiger partial charge in [0.2, 0.25) is 18.1 Å². The highest BCUT2D eigenvalue weighted by Gasteiger charge is 2.54. The van der Waals surface area contributed by atoms with Gasteiger partial charge in [-0.05, 0) is 62.2 Å². The van der Waals surface area contributed by atoms with E-state index in [1.807, 2.05) is 25.1 Å². The summed E-state index contributed by atoms with van der Waals surface area (Å²) >= 11 is 0. The van der Waals surface area contributed by atoms with Crippen LogP contribution in [0.25, 0.3) is 22.8 Å². The molecule has 1 saturated carbocycles. The topological polar surface area (TPSA) is 130 Å². The minimum absolute atomic E-state index is 0.243. The fourth-order valence-corrected chi connectivity index (χ4v) is 4.83. The SMILES string of the molecule is C=CC.O=CN1CC2(CC(c3nc(-c4ccc(NC(=O)c5cccc(-c6ccn[nH]6)n5)cc4)no3)C2)C1. The number of pyridine rings is 1. The predicted octanol–water partition coefficient (Wildman–Crippen LogP) is 4.30. The monoisotopic (exact) mass is 497 g/mol. The van der Waals surface area contributed by atoms with E-state index in [0.29, 0.717) is 28.8 Å². The second-order valence-corrected chi connectivity index (χ2v) is 9.39. The van der Waals surface area contributed by atoms with Crippen LogP contribution in [0.4, 0.5) is 5.69 Å². The lowest BCUT2D eigenvalue weighted by Crippen LogP contribution is -2.61. The Morgan fingerprint density at radius 3 is 2.59 bits per heavy atom. The van der Waals surface area contributed by atoms with Crippen molar-refractivity contribution in [2.75, 3.05) is 18.4 Å². The molecule has 10 heteroatoms. The molecule has 1 aliphatic heterocycles. The van der Waals surface area contributed by atoms with E-state index in [1.54, 1.807) is 47.5 Å². The lowest BCUT2D eigenvalue weighted by atomic mass is 9.58. The summed E-state index contributed by atoms with van der Waals surface area (Å²) in [6.45, 7) is 6.90. The molecule has 4 aromatic rings. The minimum Gasteiger partial charge on any atom is -0.344 e. The zero-order valence-corrected chi connectivity index (χ0v) is 20.4. The second kappa shape index (κ2) is 10.2. The van der Waals surface area contributed by atoms with E-state index in [4.69, 9.17) is 4.52 Å². The van der Waals surface area contributed by atoms with Crippen LogP contribution in [0.3, 0.4) is 0 Å². The molecule has 1 saturated heterocycles. The zero-order valence-electron chi connectivity index (χ0n) is 20.4. The molecule has 6 rings (SSSR count). The van der Waals surface area contributed by atoms with Crippen LogP contribution < -0.4 is 5.32 Å². The smallest absolute Gasteiger partial charge is 0.274 e. The summed E-state index contributed by atoms with van der Waals surface area (Å²) in [5, 5.41) is 13.7. The summed E-state index contributed by atoms with van der Waals surface area (Å²) < 4.78 is 5.50. The van der Waals surface area contributed by atoms with Crippen LogP contribution >= 0.6 is 0 Å². The van der Waals surface area contributed by atoms with Gasteiger partial charge in [-0.3, -0.25) is 14.7 Å². The Labute approximate surface area is 213 Å². The molecule has 2 fully saturated rings. The number of allylic oxidation sites excluding steroid dienone is 1. The third-order valence-electron chi connectivity index (χ3n) is 6.54. The van der Waals surface area contributed by atoms with Gasteiger partial charge >= 0.3 is 0 Å². The van der Waals surface area contributed by atoms with Crippen molar-refractivity contribution in [1.82, 2.24) is 30.2 Å². The van der Waals surface area contributed by atoms with Crippen LogP contribution in [-0.2, 0) is 4.79 Å². The van der Waals surface area contributed by atoms with E-state index >= 15 is 0 Å². The highest BCUT2D eigenvalue weighted by atomic mass is 16.5. The maximum atomic E-state index is 12.7. The molecule has 3 aromatic heterocycles. The van der Waals surface area contributed by atoms with Crippen LogP contribution in [-0.4, -0.2) is 55.6 Å². The van der Waals surface area contributed by atoms with Crippen LogP contribution in [0.15, 0.2) is 71.9 Å². The van der Waals surface area contributed by atoms with E-state index in [-0.39, 0.29) is 17.2 Å². The van der Waals surface area contributed by atoms with Crippen LogP contribution in [0.1, 0.15) is 42.1 Å². The van der Waals surface area contributed by atoms with Crippen LogP contribution in [0, 0.1) is 5.41 Å². The third kappa shape index (κ3) is 5.04. The molecule has 1 aliphatic carbocycles. The molecular weight excluding hydrogens is 470 g/mol. The number of benzene rings is 1. The van der Waals surface area contributed by atoms with Gasteiger partial charge in [0.25, 0.3) is 5.91 Å². The number of carbonyl (C=O) groups is 2. The standard InChI is InChI=1S/C24H21N7O3.C3H6/c32-14-31-12-24(13-31)10-16(11-24)23-28-21(30-34-23)15-4-6-17(7-5-15)26-22(33)20-3-1-2-18(27-20)19-8-9-25-29-19;1-3-2/h1-9,14,16H,10-13H2,(H,25,29)(H,26,33);3H,1H2,2H3. The molecule has 188 valence electrons. The number of carbonyl (C=O) groups excluding carboxylic acids is 2. The van der Waals surface area contributed by atoms with Crippen LogP contribution in [0.2, 0.25) is 0 Å². The molecule has 1 spiro atoms. The molecule has 0 radical (unpaired) electrons. The average molecular weight is 498 g/mol. The van der Waals surface area contributed by atoms with Gasteiger partial charge in [0.05, 0.1) is 11.4 Å². The lowest BCUT2D eigenvalue weighted by Gasteiger charge is -2.57. The number of aromatic amines is 1. The minimum atomic E-state index is -0.306. The molecule has 2 aliphatic rings. The van der Waals surface area contributed by atoms with E-state index in [2.05, 4.69) is 37.2 Å². The Kier molecular flexibility index (Phi) is 6.63. The first-order valence-electron chi connectivity index (χ1n) is 12.0. The summed E-state index contributed by atoms with van der Waals surface area (Å²) in [6.07, 6.45) is 6.24.